The second kappa shape index (κ2) is 5.98. The molecule has 0 aliphatic heterocycles. The summed E-state index contributed by atoms with van der Waals surface area (Å²) in [7, 11) is 1.51. The van der Waals surface area contributed by atoms with Crippen LogP contribution in [0.5, 0.6) is 0 Å². The molecule has 0 bridgehead atoms. The molecular weight excluding hydrogens is 287 g/mol. The number of nitrogens with zero attached hydrogens (tertiary/aromatic N) is 3. The molecule has 0 amide bonds. The third-order valence-electron chi connectivity index (χ3n) is 2.62. The summed E-state index contributed by atoms with van der Waals surface area (Å²) in [6.45, 7) is 2.02. The maximum Gasteiger partial charge on any atom is 0.416 e. The Hall–Kier alpha value is -2.32. The van der Waals surface area contributed by atoms with Gasteiger partial charge in [0.15, 0.2) is 5.82 Å². The summed E-state index contributed by atoms with van der Waals surface area (Å²) in [5.41, 5.74) is -0.766. The highest BCUT2D eigenvalue weighted by atomic mass is 19.4. The smallest absolute Gasteiger partial charge is 0.373 e. The van der Waals surface area contributed by atoms with E-state index in [1.807, 2.05) is 0 Å². The topological polar surface area (TPSA) is 75.9 Å². The van der Waals surface area contributed by atoms with Crippen molar-refractivity contribution < 1.29 is 17.7 Å². The van der Waals surface area contributed by atoms with Gasteiger partial charge < -0.3 is 15.2 Å². The molecule has 0 unspecified atom stereocenters. The fraction of sp³-hybridized carbons (Fsp3) is 0.417. The van der Waals surface area contributed by atoms with Crippen LogP contribution in [0, 0.1) is 6.92 Å². The zero-order chi connectivity index (χ0) is 15.5. The minimum atomic E-state index is -4.42. The van der Waals surface area contributed by atoms with Gasteiger partial charge in [0.05, 0.1) is 5.56 Å². The van der Waals surface area contributed by atoms with Crippen LogP contribution in [-0.2, 0) is 12.6 Å². The molecule has 0 spiro atoms. The van der Waals surface area contributed by atoms with Gasteiger partial charge in [0.25, 0.3) is 0 Å². The Balaban J connectivity index is 2.05. The molecule has 0 fully saturated rings. The van der Waals surface area contributed by atoms with Crippen molar-refractivity contribution >= 4 is 11.6 Å². The van der Waals surface area contributed by atoms with E-state index in [0.29, 0.717) is 24.7 Å². The van der Waals surface area contributed by atoms with Crippen molar-refractivity contribution in [2.45, 2.75) is 19.5 Å². The first-order chi connectivity index (χ1) is 9.88. The second-order valence-corrected chi connectivity index (χ2v) is 4.29. The number of rotatable bonds is 5. The first-order valence-corrected chi connectivity index (χ1v) is 6.18. The number of aryl methyl sites for hydroxylation is 1. The van der Waals surface area contributed by atoms with Crippen molar-refractivity contribution in [2.24, 2.45) is 0 Å². The van der Waals surface area contributed by atoms with Gasteiger partial charge in [0.1, 0.15) is 11.6 Å². The Morgan fingerprint density at radius 3 is 2.48 bits per heavy atom. The van der Waals surface area contributed by atoms with Crippen LogP contribution in [0.4, 0.5) is 24.8 Å². The number of halogens is 3. The molecule has 2 heterocycles. The van der Waals surface area contributed by atoms with Gasteiger partial charge in [-0.15, -0.1) is 0 Å². The molecule has 0 aromatic carbocycles. The van der Waals surface area contributed by atoms with Crippen LogP contribution in [0.15, 0.2) is 16.7 Å². The number of hydrogen-bond donors (Lipinski definition) is 2. The standard InChI is InChI=1S/C12H14F3N5O/c1-7-18-11(21-20-7)3-4-17-10-6-8(12(13,14)15)5-9(16-2)19-10/h5-6H,3-4H2,1-2H3,(H2,16,17,19). The lowest BCUT2D eigenvalue weighted by Crippen LogP contribution is -2.11. The van der Waals surface area contributed by atoms with Gasteiger partial charge in [0.2, 0.25) is 5.89 Å². The number of anilines is 2. The van der Waals surface area contributed by atoms with E-state index < -0.39 is 11.7 Å². The molecule has 0 saturated heterocycles. The van der Waals surface area contributed by atoms with E-state index in [1.165, 1.54) is 7.05 Å². The minimum absolute atomic E-state index is 0.130. The van der Waals surface area contributed by atoms with Gasteiger partial charge in [-0.05, 0) is 19.1 Å². The van der Waals surface area contributed by atoms with Crippen molar-refractivity contribution in [3.8, 4) is 0 Å². The number of alkyl halides is 3. The third-order valence-corrected chi connectivity index (χ3v) is 2.62. The number of pyridine rings is 1. The SMILES string of the molecule is CNc1cc(C(F)(F)F)cc(NCCc2nc(C)no2)n1. The summed E-state index contributed by atoms with van der Waals surface area (Å²) in [6.07, 6.45) is -4.03. The number of hydrogen-bond acceptors (Lipinski definition) is 6. The summed E-state index contributed by atoms with van der Waals surface area (Å²) >= 11 is 0. The highest BCUT2D eigenvalue weighted by Gasteiger charge is 2.31. The molecule has 2 N–H and O–H groups in total. The summed E-state index contributed by atoms with van der Waals surface area (Å²) < 4.78 is 43.2. The number of aromatic nitrogens is 3. The van der Waals surface area contributed by atoms with Gasteiger partial charge in [-0.3, -0.25) is 0 Å². The zero-order valence-corrected chi connectivity index (χ0v) is 11.5. The Morgan fingerprint density at radius 1 is 1.19 bits per heavy atom. The van der Waals surface area contributed by atoms with Crippen molar-refractivity contribution in [2.75, 3.05) is 24.2 Å². The van der Waals surface area contributed by atoms with Crippen LogP contribution in [0.1, 0.15) is 17.3 Å². The Labute approximate surface area is 118 Å². The first-order valence-electron chi connectivity index (χ1n) is 6.18. The highest BCUT2D eigenvalue weighted by Crippen LogP contribution is 2.31. The van der Waals surface area contributed by atoms with E-state index in [0.717, 1.165) is 12.1 Å². The average molecular weight is 301 g/mol. The summed E-state index contributed by atoms with van der Waals surface area (Å²) in [5.74, 6) is 1.20. The molecule has 9 heteroatoms. The minimum Gasteiger partial charge on any atom is -0.373 e. The Bertz CT molecular complexity index is 611. The molecule has 2 aromatic heterocycles. The first kappa shape index (κ1) is 15.1. The molecule has 2 rings (SSSR count). The summed E-state index contributed by atoms with van der Waals surface area (Å²) in [4.78, 5) is 8.01. The van der Waals surface area contributed by atoms with Gasteiger partial charge in [-0.25, -0.2) is 4.98 Å². The molecule has 114 valence electrons. The second-order valence-electron chi connectivity index (χ2n) is 4.29. The normalized spacial score (nSPS) is 11.5. The van der Waals surface area contributed by atoms with Gasteiger partial charge >= 0.3 is 6.18 Å². The van der Waals surface area contributed by atoms with E-state index in [1.54, 1.807) is 6.92 Å². The quantitative estimate of drug-likeness (QED) is 0.883. The van der Waals surface area contributed by atoms with Crippen molar-refractivity contribution in [1.82, 2.24) is 15.1 Å². The summed E-state index contributed by atoms with van der Waals surface area (Å²) in [6, 6.07) is 1.91. The third kappa shape index (κ3) is 4.07. The highest BCUT2D eigenvalue weighted by molar-refractivity contribution is 5.49. The van der Waals surface area contributed by atoms with Gasteiger partial charge in [-0.1, -0.05) is 5.16 Å². The molecule has 6 nitrogen and oxygen atoms in total. The van der Waals surface area contributed by atoms with Crippen LogP contribution in [0.3, 0.4) is 0 Å². The largest absolute Gasteiger partial charge is 0.416 e. The van der Waals surface area contributed by atoms with Gasteiger partial charge in [0, 0.05) is 20.0 Å². The zero-order valence-electron chi connectivity index (χ0n) is 11.5. The fourth-order valence-corrected chi connectivity index (χ4v) is 1.65. The van der Waals surface area contributed by atoms with E-state index in [2.05, 4.69) is 25.8 Å². The van der Waals surface area contributed by atoms with E-state index in [9.17, 15) is 13.2 Å². The molecule has 0 atom stereocenters. The fourth-order valence-electron chi connectivity index (χ4n) is 1.65. The molecule has 21 heavy (non-hydrogen) atoms. The predicted molar refractivity (Wildman–Crippen MR) is 70.0 cm³/mol. The number of nitrogens with one attached hydrogen (secondary N) is 2. The lowest BCUT2D eigenvalue weighted by Gasteiger charge is -2.12. The Morgan fingerprint density at radius 2 is 1.90 bits per heavy atom. The monoisotopic (exact) mass is 301 g/mol. The van der Waals surface area contributed by atoms with Crippen LogP contribution in [0.25, 0.3) is 0 Å². The predicted octanol–water partition coefficient (Wildman–Crippen LogP) is 2.49. The van der Waals surface area contributed by atoms with Crippen molar-refractivity contribution in [3.63, 3.8) is 0 Å². The van der Waals surface area contributed by atoms with Crippen LogP contribution in [-0.4, -0.2) is 28.7 Å². The Kier molecular flexibility index (Phi) is 4.29. The molecule has 0 saturated carbocycles. The van der Waals surface area contributed by atoms with E-state index in [-0.39, 0.29) is 11.6 Å². The van der Waals surface area contributed by atoms with Crippen LogP contribution >= 0.6 is 0 Å². The van der Waals surface area contributed by atoms with Crippen molar-refractivity contribution in [3.05, 3.63) is 29.4 Å². The molecule has 2 aromatic rings. The lowest BCUT2D eigenvalue weighted by molar-refractivity contribution is -0.137. The summed E-state index contributed by atoms with van der Waals surface area (Å²) in [5, 5.41) is 9.04. The molecule has 0 aliphatic carbocycles. The van der Waals surface area contributed by atoms with E-state index in [4.69, 9.17) is 4.52 Å². The van der Waals surface area contributed by atoms with Crippen molar-refractivity contribution in [1.29, 1.82) is 0 Å². The maximum absolute atomic E-state index is 12.8. The molecule has 0 radical (unpaired) electrons. The maximum atomic E-state index is 12.8. The van der Waals surface area contributed by atoms with E-state index >= 15 is 0 Å². The lowest BCUT2D eigenvalue weighted by atomic mass is 10.2. The van der Waals surface area contributed by atoms with Crippen LogP contribution in [0.2, 0.25) is 0 Å². The van der Waals surface area contributed by atoms with Gasteiger partial charge in [-0.2, -0.15) is 18.2 Å². The molecular formula is C12H14F3N5O. The molecule has 0 aliphatic rings. The average Bonchev–Trinajstić information content (AvgIpc) is 2.83. The van der Waals surface area contributed by atoms with Crippen LogP contribution < -0.4 is 10.6 Å².